The van der Waals surface area contributed by atoms with Crippen LogP contribution >= 0.6 is 24.0 Å². The third-order valence-electron chi connectivity index (χ3n) is 4.29. The molecule has 1 saturated heterocycles. The molecule has 4 nitrogen and oxygen atoms in total. The highest BCUT2D eigenvalue weighted by Crippen LogP contribution is 2.08. The number of likely N-dealkylation sites (tertiary alicyclic amines) is 1. The van der Waals surface area contributed by atoms with Crippen molar-refractivity contribution in [3.63, 3.8) is 0 Å². The average Bonchev–Trinajstić information content (AvgIpc) is 3.08. The topological polar surface area (TPSA) is 39.7 Å². The maximum absolute atomic E-state index is 13.2. The lowest BCUT2D eigenvalue weighted by Gasteiger charge is -2.14. The van der Waals surface area contributed by atoms with Gasteiger partial charge in [0.25, 0.3) is 0 Å². The Balaban J connectivity index is 0.00000312. The molecule has 0 amide bonds. The van der Waals surface area contributed by atoms with Gasteiger partial charge in [0.05, 0.1) is 0 Å². The first-order chi connectivity index (χ1) is 11.8. The van der Waals surface area contributed by atoms with Crippen molar-refractivity contribution >= 4 is 29.9 Å². The highest BCUT2D eigenvalue weighted by Gasteiger charge is 2.09. The SMILES string of the molecule is CCNC(=NCCCCN1CCCC1)NCCc1cccc(F)c1.I. The van der Waals surface area contributed by atoms with Crippen LogP contribution in [0.4, 0.5) is 4.39 Å². The van der Waals surface area contributed by atoms with Crippen LogP contribution in [0.2, 0.25) is 0 Å². The summed E-state index contributed by atoms with van der Waals surface area (Å²) in [6.45, 7) is 8.27. The molecule has 1 fully saturated rings. The molecule has 1 aromatic carbocycles. The molecule has 0 bridgehead atoms. The fraction of sp³-hybridized carbons (Fsp3) is 0.632. The Morgan fingerprint density at radius 1 is 1.20 bits per heavy atom. The van der Waals surface area contributed by atoms with E-state index in [9.17, 15) is 4.39 Å². The van der Waals surface area contributed by atoms with Gasteiger partial charge in [-0.1, -0.05) is 12.1 Å². The van der Waals surface area contributed by atoms with Crippen LogP contribution < -0.4 is 10.6 Å². The average molecular weight is 462 g/mol. The number of guanidine groups is 1. The second-order valence-electron chi connectivity index (χ2n) is 6.32. The van der Waals surface area contributed by atoms with Crippen molar-refractivity contribution in [2.24, 2.45) is 4.99 Å². The van der Waals surface area contributed by atoms with Gasteiger partial charge in [-0.05, 0) is 76.4 Å². The second kappa shape index (κ2) is 13.3. The predicted octanol–water partition coefficient (Wildman–Crippen LogP) is 3.42. The summed E-state index contributed by atoms with van der Waals surface area (Å²) in [5, 5.41) is 6.59. The van der Waals surface area contributed by atoms with Gasteiger partial charge < -0.3 is 15.5 Å². The van der Waals surface area contributed by atoms with E-state index in [1.165, 1.54) is 45.0 Å². The summed E-state index contributed by atoms with van der Waals surface area (Å²) in [6.07, 6.45) is 5.84. The van der Waals surface area contributed by atoms with Gasteiger partial charge in [-0.25, -0.2) is 4.39 Å². The minimum atomic E-state index is -0.175. The summed E-state index contributed by atoms with van der Waals surface area (Å²) in [5.41, 5.74) is 1.00. The molecule has 2 rings (SSSR count). The van der Waals surface area contributed by atoms with E-state index in [1.807, 2.05) is 6.07 Å². The van der Waals surface area contributed by atoms with E-state index < -0.39 is 0 Å². The molecule has 0 saturated carbocycles. The Labute approximate surface area is 168 Å². The van der Waals surface area contributed by atoms with Crippen molar-refractivity contribution in [3.8, 4) is 0 Å². The van der Waals surface area contributed by atoms with Crippen LogP contribution in [0.3, 0.4) is 0 Å². The number of benzene rings is 1. The molecule has 1 aliphatic rings. The van der Waals surface area contributed by atoms with E-state index in [-0.39, 0.29) is 29.8 Å². The van der Waals surface area contributed by atoms with Crippen molar-refractivity contribution in [1.29, 1.82) is 0 Å². The molecule has 1 aliphatic heterocycles. The first-order valence-corrected chi connectivity index (χ1v) is 9.27. The number of halogens is 2. The lowest BCUT2D eigenvalue weighted by Crippen LogP contribution is -2.38. The highest BCUT2D eigenvalue weighted by molar-refractivity contribution is 14.0. The highest BCUT2D eigenvalue weighted by atomic mass is 127. The predicted molar refractivity (Wildman–Crippen MR) is 114 cm³/mol. The van der Waals surface area contributed by atoms with Gasteiger partial charge in [0, 0.05) is 19.6 Å². The molecule has 6 heteroatoms. The molecule has 0 atom stereocenters. The minimum Gasteiger partial charge on any atom is -0.357 e. The van der Waals surface area contributed by atoms with Gasteiger partial charge in [0.1, 0.15) is 5.82 Å². The molecule has 0 radical (unpaired) electrons. The molecule has 1 heterocycles. The zero-order chi connectivity index (χ0) is 17.0. The Morgan fingerprint density at radius 3 is 2.72 bits per heavy atom. The molecule has 0 unspecified atom stereocenters. The van der Waals surface area contributed by atoms with Gasteiger partial charge in [-0.3, -0.25) is 4.99 Å². The Morgan fingerprint density at radius 2 is 2.00 bits per heavy atom. The molecule has 25 heavy (non-hydrogen) atoms. The Hall–Kier alpha value is -0.890. The summed E-state index contributed by atoms with van der Waals surface area (Å²) in [4.78, 5) is 7.18. The quantitative estimate of drug-likeness (QED) is 0.256. The van der Waals surface area contributed by atoms with Crippen LogP contribution in [0.25, 0.3) is 0 Å². The molecule has 2 N–H and O–H groups in total. The van der Waals surface area contributed by atoms with Crippen molar-refractivity contribution < 1.29 is 4.39 Å². The number of nitrogens with zero attached hydrogens (tertiary/aromatic N) is 2. The van der Waals surface area contributed by atoms with Gasteiger partial charge in [-0.2, -0.15) is 0 Å². The molecule has 142 valence electrons. The Bertz CT molecular complexity index is 504. The standard InChI is InChI=1S/C19H31FN4.HI/c1-2-21-19(22-11-3-4-13-24-14-5-6-15-24)23-12-10-17-8-7-9-18(20)16-17;/h7-9,16H,2-6,10-15H2,1H3,(H2,21,22,23);1H. The number of aliphatic imine (C=N–C) groups is 1. The largest absolute Gasteiger partial charge is 0.357 e. The maximum atomic E-state index is 13.2. The fourth-order valence-corrected chi connectivity index (χ4v) is 3.00. The van der Waals surface area contributed by atoms with Crippen LogP contribution in [0.15, 0.2) is 29.3 Å². The van der Waals surface area contributed by atoms with Crippen molar-refractivity contribution in [1.82, 2.24) is 15.5 Å². The van der Waals surface area contributed by atoms with E-state index in [1.54, 1.807) is 12.1 Å². The van der Waals surface area contributed by atoms with Crippen LogP contribution in [0.1, 0.15) is 38.2 Å². The number of rotatable bonds is 9. The van der Waals surface area contributed by atoms with Crippen LogP contribution in [0.5, 0.6) is 0 Å². The summed E-state index contributed by atoms with van der Waals surface area (Å²) < 4.78 is 13.2. The summed E-state index contributed by atoms with van der Waals surface area (Å²) in [5.74, 6) is 0.682. The van der Waals surface area contributed by atoms with Gasteiger partial charge >= 0.3 is 0 Å². The maximum Gasteiger partial charge on any atom is 0.191 e. The zero-order valence-electron chi connectivity index (χ0n) is 15.3. The minimum absolute atomic E-state index is 0. The summed E-state index contributed by atoms with van der Waals surface area (Å²) in [7, 11) is 0. The molecular formula is C19H32FIN4. The zero-order valence-corrected chi connectivity index (χ0v) is 17.6. The van der Waals surface area contributed by atoms with Crippen LogP contribution in [-0.4, -0.2) is 50.1 Å². The third kappa shape index (κ3) is 9.39. The third-order valence-corrected chi connectivity index (χ3v) is 4.29. The number of nitrogens with one attached hydrogen (secondary N) is 2. The van der Waals surface area contributed by atoms with Crippen molar-refractivity contribution in [3.05, 3.63) is 35.6 Å². The molecule has 0 aliphatic carbocycles. The monoisotopic (exact) mass is 462 g/mol. The van der Waals surface area contributed by atoms with Gasteiger partial charge in [0.2, 0.25) is 0 Å². The smallest absolute Gasteiger partial charge is 0.191 e. The number of hydrogen-bond donors (Lipinski definition) is 2. The lowest BCUT2D eigenvalue weighted by molar-refractivity contribution is 0.331. The van der Waals surface area contributed by atoms with Crippen molar-refractivity contribution in [2.45, 2.75) is 39.0 Å². The van der Waals surface area contributed by atoms with E-state index in [0.717, 1.165) is 44.0 Å². The first kappa shape index (κ1) is 22.2. The van der Waals surface area contributed by atoms with Gasteiger partial charge in [-0.15, -0.1) is 24.0 Å². The van der Waals surface area contributed by atoms with Crippen LogP contribution in [-0.2, 0) is 6.42 Å². The van der Waals surface area contributed by atoms with Crippen LogP contribution in [0, 0.1) is 5.82 Å². The first-order valence-electron chi connectivity index (χ1n) is 9.27. The normalized spacial score (nSPS) is 15.0. The number of hydrogen-bond acceptors (Lipinski definition) is 2. The molecule has 0 spiro atoms. The second-order valence-corrected chi connectivity index (χ2v) is 6.32. The fourth-order valence-electron chi connectivity index (χ4n) is 3.00. The number of unbranched alkanes of at least 4 members (excludes halogenated alkanes) is 1. The molecular weight excluding hydrogens is 430 g/mol. The molecule has 0 aromatic heterocycles. The van der Waals surface area contributed by atoms with Gasteiger partial charge in [0.15, 0.2) is 5.96 Å². The van der Waals surface area contributed by atoms with Crippen molar-refractivity contribution in [2.75, 3.05) is 39.3 Å². The van der Waals surface area contributed by atoms with E-state index in [2.05, 4.69) is 27.4 Å². The summed E-state index contributed by atoms with van der Waals surface area (Å²) in [6, 6.07) is 6.77. The van der Waals surface area contributed by atoms with E-state index >= 15 is 0 Å². The summed E-state index contributed by atoms with van der Waals surface area (Å²) >= 11 is 0. The van der Waals surface area contributed by atoms with E-state index in [0.29, 0.717) is 0 Å². The van der Waals surface area contributed by atoms with E-state index in [4.69, 9.17) is 0 Å². The Kier molecular flexibility index (Phi) is 11.8. The molecule has 1 aromatic rings. The lowest BCUT2D eigenvalue weighted by atomic mass is 10.1.